The Bertz CT molecular complexity index is 513. The van der Waals surface area contributed by atoms with E-state index < -0.39 is 16.8 Å². The van der Waals surface area contributed by atoms with Crippen LogP contribution in [-0.4, -0.2) is 30.5 Å². The number of nitro benzene ring substituents is 1. The summed E-state index contributed by atoms with van der Waals surface area (Å²) in [6.07, 6.45) is 0.0158. The van der Waals surface area contributed by atoms with E-state index in [-0.39, 0.29) is 24.2 Å². The van der Waals surface area contributed by atoms with Crippen LogP contribution in [0.2, 0.25) is 0 Å². The number of hydrogen-bond acceptors (Lipinski definition) is 5. The van der Waals surface area contributed by atoms with Gasteiger partial charge in [0.1, 0.15) is 5.56 Å². The Balaban J connectivity index is 2.82. The second kappa shape index (κ2) is 6.48. The van der Waals surface area contributed by atoms with Gasteiger partial charge in [0.2, 0.25) is 0 Å². The van der Waals surface area contributed by atoms with Gasteiger partial charge in [0.05, 0.1) is 18.5 Å². The zero-order chi connectivity index (χ0) is 14.4. The van der Waals surface area contributed by atoms with Crippen LogP contribution in [0.25, 0.3) is 0 Å². The van der Waals surface area contributed by atoms with Crippen molar-refractivity contribution in [2.24, 2.45) is 0 Å². The van der Waals surface area contributed by atoms with Crippen LogP contribution in [0.4, 0.5) is 5.69 Å². The number of nitro groups is 1. The molecular weight excluding hydrogens is 252 g/mol. The first kappa shape index (κ1) is 14.6. The van der Waals surface area contributed by atoms with Gasteiger partial charge in [0.25, 0.3) is 11.6 Å². The zero-order valence-corrected chi connectivity index (χ0v) is 10.6. The van der Waals surface area contributed by atoms with Gasteiger partial charge in [-0.25, -0.2) is 0 Å². The van der Waals surface area contributed by atoms with Crippen LogP contribution in [0.5, 0.6) is 0 Å². The van der Waals surface area contributed by atoms with E-state index in [4.69, 9.17) is 0 Å². The molecule has 0 aliphatic carbocycles. The Kier molecular flexibility index (Phi) is 4.99. The number of nitrogens with zero attached hydrogens (tertiary/aromatic N) is 1. The molecule has 0 saturated carbocycles. The smallest absolute Gasteiger partial charge is 0.307 e. The van der Waals surface area contributed by atoms with Crippen molar-refractivity contribution in [3.8, 4) is 0 Å². The maximum atomic E-state index is 11.9. The largest absolute Gasteiger partial charge is 0.469 e. The highest BCUT2D eigenvalue weighted by Crippen LogP contribution is 2.21. The Morgan fingerprint density at radius 1 is 1.42 bits per heavy atom. The third-order valence-electron chi connectivity index (χ3n) is 2.52. The van der Waals surface area contributed by atoms with E-state index >= 15 is 0 Å². The molecule has 0 aliphatic rings. The number of carbonyl (C=O) groups excluding carboxylic acids is 2. The minimum Gasteiger partial charge on any atom is -0.469 e. The molecule has 7 heteroatoms. The number of methoxy groups -OCH3 is 1. The van der Waals surface area contributed by atoms with Crippen molar-refractivity contribution in [2.45, 2.75) is 13.3 Å². The number of esters is 1. The summed E-state index contributed by atoms with van der Waals surface area (Å²) in [5.41, 5.74) is 0.262. The molecule has 1 amide bonds. The van der Waals surface area contributed by atoms with Gasteiger partial charge in [0, 0.05) is 12.6 Å². The number of aryl methyl sites for hydroxylation is 1. The van der Waals surface area contributed by atoms with Gasteiger partial charge in [-0.3, -0.25) is 19.7 Å². The highest BCUT2D eigenvalue weighted by Gasteiger charge is 2.21. The fourth-order valence-corrected chi connectivity index (χ4v) is 1.57. The second-order valence-corrected chi connectivity index (χ2v) is 3.81. The minimum atomic E-state index is -0.609. The summed E-state index contributed by atoms with van der Waals surface area (Å²) in [6, 6.07) is 4.39. The van der Waals surface area contributed by atoms with Crippen molar-refractivity contribution in [3.05, 3.63) is 39.4 Å². The van der Waals surface area contributed by atoms with Crippen molar-refractivity contribution < 1.29 is 19.2 Å². The monoisotopic (exact) mass is 266 g/mol. The summed E-state index contributed by atoms with van der Waals surface area (Å²) in [7, 11) is 1.25. The normalized spacial score (nSPS) is 9.79. The van der Waals surface area contributed by atoms with Gasteiger partial charge < -0.3 is 10.1 Å². The lowest BCUT2D eigenvalue weighted by atomic mass is 10.1. The molecule has 0 spiro atoms. The van der Waals surface area contributed by atoms with E-state index in [1.165, 1.54) is 19.2 Å². The molecule has 1 aromatic rings. The molecule has 7 nitrogen and oxygen atoms in total. The number of nitrogens with one attached hydrogen (secondary N) is 1. The zero-order valence-electron chi connectivity index (χ0n) is 10.6. The second-order valence-electron chi connectivity index (χ2n) is 3.81. The van der Waals surface area contributed by atoms with Gasteiger partial charge in [-0.15, -0.1) is 0 Å². The molecule has 1 aromatic carbocycles. The quantitative estimate of drug-likeness (QED) is 0.490. The van der Waals surface area contributed by atoms with Crippen LogP contribution in [-0.2, 0) is 9.53 Å². The third-order valence-corrected chi connectivity index (χ3v) is 2.52. The lowest BCUT2D eigenvalue weighted by Crippen LogP contribution is -2.27. The van der Waals surface area contributed by atoms with Crippen LogP contribution >= 0.6 is 0 Å². The van der Waals surface area contributed by atoms with Crippen molar-refractivity contribution in [3.63, 3.8) is 0 Å². The first-order valence-electron chi connectivity index (χ1n) is 5.56. The van der Waals surface area contributed by atoms with E-state index in [1.807, 2.05) is 0 Å². The minimum absolute atomic E-state index is 0.0114. The molecule has 0 bridgehead atoms. The summed E-state index contributed by atoms with van der Waals surface area (Å²) < 4.78 is 4.42. The molecule has 0 radical (unpaired) electrons. The Morgan fingerprint density at radius 3 is 2.68 bits per heavy atom. The van der Waals surface area contributed by atoms with Gasteiger partial charge in [-0.1, -0.05) is 12.1 Å². The molecule has 0 saturated heterocycles. The van der Waals surface area contributed by atoms with E-state index in [0.29, 0.717) is 5.56 Å². The first-order valence-corrected chi connectivity index (χ1v) is 5.56. The van der Waals surface area contributed by atoms with Crippen molar-refractivity contribution >= 4 is 17.6 Å². The number of amides is 1. The summed E-state index contributed by atoms with van der Waals surface area (Å²) in [5.74, 6) is -1.03. The molecular formula is C12H14N2O5. The summed E-state index contributed by atoms with van der Waals surface area (Å²) in [6.45, 7) is 1.68. The van der Waals surface area contributed by atoms with Crippen LogP contribution in [0.1, 0.15) is 22.3 Å². The maximum absolute atomic E-state index is 11.9. The average molecular weight is 266 g/mol. The lowest BCUT2D eigenvalue weighted by Gasteiger charge is -2.07. The van der Waals surface area contributed by atoms with Crippen LogP contribution in [0.15, 0.2) is 18.2 Å². The molecule has 0 aliphatic heterocycles. The van der Waals surface area contributed by atoms with Crippen LogP contribution < -0.4 is 5.32 Å². The number of carbonyl (C=O) groups is 2. The van der Waals surface area contributed by atoms with Crippen molar-refractivity contribution in [1.82, 2.24) is 5.32 Å². The van der Waals surface area contributed by atoms with Gasteiger partial charge in [-0.05, 0) is 12.5 Å². The predicted octanol–water partition coefficient (Wildman–Crippen LogP) is 1.20. The van der Waals surface area contributed by atoms with Gasteiger partial charge in [-0.2, -0.15) is 0 Å². The molecule has 102 valence electrons. The first-order chi connectivity index (χ1) is 8.97. The highest BCUT2D eigenvalue weighted by molar-refractivity contribution is 5.99. The standard InChI is InChI=1S/C12H14N2O5/c1-8-4-3-5-9(14(17)18)11(8)12(16)13-7-6-10(15)19-2/h3-5H,6-7H2,1-2H3,(H,13,16). The number of ether oxygens (including phenoxy) is 1. The van der Waals surface area contributed by atoms with Crippen LogP contribution in [0.3, 0.4) is 0 Å². The highest BCUT2D eigenvalue weighted by atomic mass is 16.6. The Hall–Kier alpha value is -2.44. The number of hydrogen-bond donors (Lipinski definition) is 1. The predicted molar refractivity (Wildman–Crippen MR) is 66.8 cm³/mol. The molecule has 0 aromatic heterocycles. The van der Waals surface area contributed by atoms with Gasteiger partial charge in [0.15, 0.2) is 0 Å². The Morgan fingerprint density at radius 2 is 2.11 bits per heavy atom. The molecule has 19 heavy (non-hydrogen) atoms. The SMILES string of the molecule is COC(=O)CCNC(=O)c1c(C)cccc1[N+](=O)[O-]. The summed E-state index contributed by atoms with van der Waals surface area (Å²) in [4.78, 5) is 33.0. The molecule has 0 unspecified atom stereocenters. The van der Waals surface area contributed by atoms with Crippen molar-refractivity contribution in [1.29, 1.82) is 0 Å². The molecule has 0 fully saturated rings. The third kappa shape index (κ3) is 3.77. The fraction of sp³-hybridized carbons (Fsp3) is 0.333. The van der Waals surface area contributed by atoms with Crippen LogP contribution in [0, 0.1) is 17.0 Å². The topological polar surface area (TPSA) is 98.5 Å². The summed E-state index contributed by atoms with van der Waals surface area (Å²) in [5, 5.41) is 13.3. The molecule has 0 atom stereocenters. The summed E-state index contributed by atoms with van der Waals surface area (Å²) >= 11 is 0. The van der Waals surface area contributed by atoms with E-state index in [1.54, 1.807) is 13.0 Å². The van der Waals surface area contributed by atoms with E-state index in [9.17, 15) is 19.7 Å². The molecule has 1 rings (SSSR count). The maximum Gasteiger partial charge on any atom is 0.307 e. The molecule has 1 N–H and O–H groups in total. The van der Waals surface area contributed by atoms with Crippen molar-refractivity contribution in [2.75, 3.05) is 13.7 Å². The van der Waals surface area contributed by atoms with Gasteiger partial charge >= 0.3 is 5.97 Å². The Labute approximate surface area is 109 Å². The van der Waals surface area contributed by atoms with E-state index in [0.717, 1.165) is 0 Å². The number of benzene rings is 1. The number of rotatable bonds is 5. The van der Waals surface area contributed by atoms with E-state index in [2.05, 4.69) is 10.1 Å². The molecule has 0 heterocycles. The fourth-order valence-electron chi connectivity index (χ4n) is 1.57. The average Bonchev–Trinajstić information content (AvgIpc) is 2.37. The lowest BCUT2D eigenvalue weighted by molar-refractivity contribution is -0.385.